The van der Waals surface area contributed by atoms with E-state index in [1.165, 1.54) is 0 Å². The molecule has 2 bridgehead atoms. The van der Waals surface area contributed by atoms with E-state index in [1.807, 2.05) is 20.8 Å². The van der Waals surface area contributed by atoms with Gasteiger partial charge in [0.25, 0.3) is 0 Å². The summed E-state index contributed by atoms with van der Waals surface area (Å²) in [5.41, 5.74) is -2.84. The van der Waals surface area contributed by atoms with Gasteiger partial charge in [0.1, 0.15) is 23.7 Å². The molecule has 0 aromatic carbocycles. The van der Waals surface area contributed by atoms with E-state index in [1.54, 1.807) is 6.08 Å². The second-order valence-corrected chi connectivity index (χ2v) is 9.46. The largest absolute Gasteiger partial charge is 0.461 e. The Morgan fingerprint density at radius 2 is 2.07 bits per heavy atom. The molecule has 0 spiro atoms. The number of carbonyl (C=O) groups excluding carboxylic acids is 2. The zero-order valence-corrected chi connectivity index (χ0v) is 17.7. The van der Waals surface area contributed by atoms with Crippen molar-refractivity contribution in [3.05, 3.63) is 24.8 Å². The number of aliphatic hydroxyl groups is 2. The SMILES string of the molecule is C=CC(=C)[C@@H]1C[C@@H](OC(=O)CCl)[C@]2(C)[C@H](C)CC[C@]3(C[C@H](O)C(=O)[C@]32O)[C@H]1C. The maximum atomic E-state index is 13.3. The molecule has 3 fully saturated rings. The summed E-state index contributed by atoms with van der Waals surface area (Å²) in [5.74, 6) is -1.80. The molecule has 8 atom stereocenters. The molecule has 0 aliphatic heterocycles. The number of halogens is 1. The first-order valence-electron chi connectivity index (χ1n) is 10.0. The van der Waals surface area contributed by atoms with E-state index in [9.17, 15) is 19.8 Å². The van der Waals surface area contributed by atoms with Gasteiger partial charge in [0.2, 0.25) is 0 Å². The van der Waals surface area contributed by atoms with Gasteiger partial charge >= 0.3 is 5.97 Å². The number of esters is 1. The normalized spacial score (nSPS) is 47.8. The van der Waals surface area contributed by atoms with Crippen LogP contribution in [0.15, 0.2) is 24.8 Å². The molecule has 28 heavy (non-hydrogen) atoms. The summed E-state index contributed by atoms with van der Waals surface area (Å²) in [6, 6.07) is 0. The van der Waals surface area contributed by atoms with Crippen molar-refractivity contribution in [2.75, 3.05) is 5.88 Å². The fourth-order valence-electron chi connectivity index (χ4n) is 6.63. The van der Waals surface area contributed by atoms with Gasteiger partial charge in [0.15, 0.2) is 5.78 Å². The van der Waals surface area contributed by atoms with E-state index >= 15 is 0 Å². The van der Waals surface area contributed by atoms with Crippen LogP contribution in [0.5, 0.6) is 0 Å². The van der Waals surface area contributed by atoms with Crippen LogP contribution in [0.3, 0.4) is 0 Å². The maximum absolute atomic E-state index is 13.3. The Kier molecular flexibility index (Phi) is 5.35. The van der Waals surface area contributed by atoms with Crippen LogP contribution < -0.4 is 0 Å². The Morgan fingerprint density at radius 3 is 2.64 bits per heavy atom. The van der Waals surface area contributed by atoms with Gasteiger partial charge in [0.05, 0.1) is 0 Å². The molecule has 0 heterocycles. The highest BCUT2D eigenvalue weighted by molar-refractivity contribution is 6.26. The number of hydrogen-bond acceptors (Lipinski definition) is 5. The summed E-state index contributed by atoms with van der Waals surface area (Å²) in [4.78, 5) is 25.4. The summed E-state index contributed by atoms with van der Waals surface area (Å²) in [6.45, 7) is 13.8. The lowest BCUT2D eigenvalue weighted by Gasteiger charge is -2.60. The van der Waals surface area contributed by atoms with Gasteiger partial charge in [-0.25, -0.2) is 0 Å². The fraction of sp³-hybridized carbons (Fsp3) is 0.727. The highest BCUT2D eigenvalue weighted by atomic mass is 35.5. The van der Waals surface area contributed by atoms with E-state index in [0.29, 0.717) is 12.8 Å². The number of rotatable bonds is 4. The highest BCUT2D eigenvalue weighted by Crippen LogP contribution is 2.70. The number of hydrogen-bond donors (Lipinski definition) is 2. The number of Topliss-reactive ketones (excluding diaryl/α,β-unsaturated/α-hetero) is 1. The molecule has 3 saturated carbocycles. The third kappa shape index (κ3) is 2.45. The van der Waals surface area contributed by atoms with E-state index in [-0.39, 0.29) is 30.1 Å². The van der Waals surface area contributed by atoms with Crippen LogP contribution in [-0.4, -0.2) is 45.7 Å². The van der Waals surface area contributed by atoms with Gasteiger partial charge in [0, 0.05) is 10.8 Å². The van der Waals surface area contributed by atoms with Gasteiger partial charge in [-0.1, -0.05) is 45.6 Å². The molecule has 0 aromatic heterocycles. The average molecular weight is 411 g/mol. The van der Waals surface area contributed by atoms with Crippen molar-refractivity contribution in [3.63, 3.8) is 0 Å². The second kappa shape index (κ2) is 6.96. The van der Waals surface area contributed by atoms with E-state index in [2.05, 4.69) is 13.2 Å². The molecular weight excluding hydrogens is 380 g/mol. The Balaban J connectivity index is 2.28. The monoisotopic (exact) mass is 410 g/mol. The molecule has 5 nitrogen and oxygen atoms in total. The molecule has 2 N–H and O–H groups in total. The lowest BCUT2D eigenvalue weighted by Crippen LogP contribution is -2.69. The predicted molar refractivity (Wildman–Crippen MR) is 107 cm³/mol. The van der Waals surface area contributed by atoms with Crippen LogP contribution in [0.25, 0.3) is 0 Å². The lowest BCUT2D eigenvalue weighted by atomic mass is 9.46. The average Bonchev–Trinajstić information content (AvgIpc) is 2.87. The van der Waals surface area contributed by atoms with E-state index < -0.39 is 40.4 Å². The number of carbonyl (C=O) groups is 2. The quantitative estimate of drug-likeness (QED) is 0.423. The topological polar surface area (TPSA) is 83.8 Å². The van der Waals surface area contributed by atoms with Crippen molar-refractivity contribution in [2.45, 2.75) is 64.3 Å². The molecule has 0 aromatic rings. The standard InChI is InChI=1S/C22H31ClO5/c1-6-12(2)15-9-17(28-18(25)11-23)20(5)13(3)7-8-21(14(15)4)10-16(24)19(26)22(20,21)27/h6,13-17,24,27H,1-2,7-11H2,3-5H3/t13-,14+,15+,16+,17-,20+,21+,22-/m1/s1. The van der Waals surface area contributed by atoms with Crippen LogP contribution in [0.2, 0.25) is 0 Å². The molecule has 0 radical (unpaired) electrons. The Bertz CT molecular complexity index is 720. The Labute approximate surface area is 171 Å². The molecule has 0 saturated heterocycles. The lowest BCUT2D eigenvalue weighted by molar-refractivity contribution is -0.234. The Hall–Kier alpha value is -1.17. The first-order valence-corrected chi connectivity index (χ1v) is 10.6. The van der Waals surface area contributed by atoms with Crippen LogP contribution >= 0.6 is 11.6 Å². The van der Waals surface area contributed by atoms with Crippen molar-refractivity contribution in [1.29, 1.82) is 0 Å². The van der Waals surface area contributed by atoms with E-state index in [4.69, 9.17) is 16.3 Å². The zero-order chi connectivity index (χ0) is 21.1. The van der Waals surface area contributed by atoms with Gasteiger partial charge in [-0.15, -0.1) is 11.6 Å². The highest BCUT2D eigenvalue weighted by Gasteiger charge is 2.78. The predicted octanol–water partition coefficient (Wildman–Crippen LogP) is 3.02. The maximum Gasteiger partial charge on any atom is 0.321 e. The van der Waals surface area contributed by atoms with Crippen LogP contribution in [0.4, 0.5) is 0 Å². The van der Waals surface area contributed by atoms with Gasteiger partial charge in [-0.05, 0) is 43.4 Å². The second-order valence-electron chi connectivity index (χ2n) is 9.20. The molecule has 6 heteroatoms. The van der Waals surface area contributed by atoms with Crippen molar-refractivity contribution < 1.29 is 24.5 Å². The summed E-state index contributed by atoms with van der Waals surface area (Å²) in [5, 5.41) is 22.7. The first-order chi connectivity index (χ1) is 13.0. The summed E-state index contributed by atoms with van der Waals surface area (Å²) < 4.78 is 5.77. The molecule has 3 aliphatic rings. The van der Waals surface area contributed by atoms with Crippen molar-refractivity contribution in [3.8, 4) is 0 Å². The third-order valence-electron chi connectivity index (χ3n) is 8.50. The fourth-order valence-corrected chi connectivity index (χ4v) is 6.69. The van der Waals surface area contributed by atoms with Gasteiger partial charge in [-0.2, -0.15) is 0 Å². The van der Waals surface area contributed by atoms with Crippen LogP contribution in [0, 0.1) is 28.6 Å². The number of ether oxygens (including phenoxy) is 1. The molecular formula is C22H31ClO5. The minimum atomic E-state index is -1.79. The zero-order valence-electron chi connectivity index (χ0n) is 16.9. The van der Waals surface area contributed by atoms with Gasteiger partial charge in [-0.3, -0.25) is 9.59 Å². The van der Waals surface area contributed by atoms with E-state index in [0.717, 1.165) is 12.0 Å². The van der Waals surface area contributed by atoms with Crippen LogP contribution in [-0.2, 0) is 14.3 Å². The van der Waals surface area contributed by atoms with Crippen molar-refractivity contribution >= 4 is 23.4 Å². The Morgan fingerprint density at radius 1 is 1.43 bits per heavy atom. The van der Waals surface area contributed by atoms with Crippen LogP contribution in [0.1, 0.15) is 46.5 Å². The molecule has 3 aliphatic carbocycles. The molecule has 0 unspecified atom stereocenters. The molecule has 0 amide bonds. The summed E-state index contributed by atoms with van der Waals surface area (Å²) >= 11 is 5.70. The summed E-state index contributed by atoms with van der Waals surface area (Å²) in [7, 11) is 0. The molecule has 3 rings (SSSR count). The minimum absolute atomic E-state index is 0.0871. The van der Waals surface area contributed by atoms with Crippen molar-refractivity contribution in [2.24, 2.45) is 28.6 Å². The number of aliphatic hydroxyl groups excluding tert-OH is 1. The number of ketones is 1. The number of allylic oxidation sites excluding steroid dienone is 2. The molecule has 156 valence electrons. The van der Waals surface area contributed by atoms with Gasteiger partial charge < -0.3 is 14.9 Å². The van der Waals surface area contributed by atoms with Crippen molar-refractivity contribution in [1.82, 2.24) is 0 Å². The number of alkyl halides is 1. The first kappa shape index (κ1) is 21.5. The smallest absolute Gasteiger partial charge is 0.321 e. The summed E-state index contributed by atoms with van der Waals surface area (Å²) in [6.07, 6.45) is 1.78. The third-order valence-corrected chi connectivity index (χ3v) is 8.72. The minimum Gasteiger partial charge on any atom is -0.461 e.